The fourth-order valence-corrected chi connectivity index (χ4v) is 3.68. The number of nitriles is 1. The van der Waals surface area contributed by atoms with E-state index in [1.807, 2.05) is 6.07 Å². The van der Waals surface area contributed by atoms with Crippen LogP contribution in [0.15, 0.2) is 48.5 Å². The topological polar surface area (TPSA) is 56.1 Å². The normalized spacial score (nSPS) is 17.5. The van der Waals surface area contributed by atoms with E-state index >= 15 is 0 Å². The molecule has 1 N–H and O–H groups in total. The second-order valence-electron chi connectivity index (χ2n) is 7.12. The Hall–Kier alpha value is -2.85. The highest BCUT2D eigenvalue weighted by molar-refractivity contribution is 5.92. The first-order valence-corrected chi connectivity index (χ1v) is 9.58. The summed E-state index contributed by atoms with van der Waals surface area (Å²) in [5.41, 5.74) is 1.08. The molecule has 1 unspecified atom stereocenters. The van der Waals surface area contributed by atoms with E-state index < -0.39 is 11.7 Å². The Morgan fingerprint density at radius 2 is 1.86 bits per heavy atom. The van der Waals surface area contributed by atoms with Crippen molar-refractivity contribution < 1.29 is 18.0 Å². The third-order valence-corrected chi connectivity index (χ3v) is 5.18. The lowest BCUT2D eigenvalue weighted by molar-refractivity contribution is -0.137. The zero-order valence-electron chi connectivity index (χ0n) is 15.9. The van der Waals surface area contributed by atoms with E-state index in [1.165, 1.54) is 12.1 Å². The highest BCUT2D eigenvalue weighted by Gasteiger charge is 2.31. The van der Waals surface area contributed by atoms with Gasteiger partial charge in [-0.05, 0) is 49.2 Å². The lowest BCUT2D eigenvalue weighted by Gasteiger charge is -2.36. The molecule has 1 atom stereocenters. The van der Waals surface area contributed by atoms with Gasteiger partial charge < -0.3 is 5.32 Å². The van der Waals surface area contributed by atoms with Crippen LogP contribution in [0.5, 0.6) is 0 Å². The van der Waals surface area contributed by atoms with Gasteiger partial charge in [-0.2, -0.15) is 18.4 Å². The quantitative estimate of drug-likeness (QED) is 0.755. The fourth-order valence-electron chi connectivity index (χ4n) is 3.68. The molecule has 0 saturated carbocycles. The van der Waals surface area contributed by atoms with Crippen molar-refractivity contribution in [1.29, 1.82) is 5.26 Å². The standard InChI is InChI=1S/C22H22F3N3O/c23-22(24,25)18-10-8-16(9-11-18)20-7-3-4-13-28(20)14-12-21(29)27-19-6-2-1-5-17(19)15-26/h1-2,5-6,8-11,20H,3-4,7,12-14H2,(H,27,29). The number of nitrogens with one attached hydrogen (secondary N) is 1. The van der Waals surface area contributed by atoms with Crippen LogP contribution in [0.2, 0.25) is 0 Å². The molecule has 0 bridgehead atoms. The zero-order chi connectivity index (χ0) is 20.9. The third-order valence-electron chi connectivity index (χ3n) is 5.18. The van der Waals surface area contributed by atoms with Crippen LogP contribution in [-0.2, 0) is 11.0 Å². The summed E-state index contributed by atoms with van der Waals surface area (Å²) < 4.78 is 38.4. The maximum absolute atomic E-state index is 12.8. The molecule has 1 amide bonds. The lowest BCUT2D eigenvalue weighted by Crippen LogP contribution is -2.35. The SMILES string of the molecule is N#Cc1ccccc1NC(=O)CCN1CCCCC1c1ccc(C(F)(F)F)cc1. The molecule has 0 spiro atoms. The molecule has 0 radical (unpaired) electrons. The van der Waals surface area contributed by atoms with Crippen LogP contribution >= 0.6 is 0 Å². The molecule has 1 fully saturated rings. The van der Waals surface area contributed by atoms with Crippen molar-refractivity contribution in [3.63, 3.8) is 0 Å². The highest BCUT2D eigenvalue weighted by atomic mass is 19.4. The Kier molecular flexibility index (Phi) is 6.55. The van der Waals surface area contributed by atoms with Crippen LogP contribution in [0.25, 0.3) is 0 Å². The maximum Gasteiger partial charge on any atom is 0.416 e. The number of likely N-dealkylation sites (tertiary alicyclic amines) is 1. The summed E-state index contributed by atoms with van der Waals surface area (Å²) in [6, 6.07) is 14.2. The molecule has 3 rings (SSSR count). The number of nitrogens with zero attached hydrogens (tertiary/aromatic N) is 2. The third kappa shape index (κ3) is 5.36. The molecule has 4 nitrogen and oxygen atoms in total. The van der Waals surface area contributed by atoms with Crippen molar-refractivity contribution in [2.75, 3.05) is 18.4 Å². The second kappa shape index (κ2) is 9.10. The molecule has 1 aliphatic heterocycles. The van der Waals surface area contributed by atoms with Crippen molar-refractivity contribution in [1.82, 2.24) is 4.90 Å². The number of hydrogen-bond acceptors (Lipinski definition) is 3. The average molecular weight is 401 g/mol. The minimum absolute atomic E-state index is 0.00484. The largest absolute Gasteiger partial charge is 0.416 e. The Balaban J connectivity index is 1.63. The first-order chi connectivity index (χ1) is 13.9. The van der Waals surface area contributed by atoms with Crippen LogP contribution in [0, 0.1) is 11.3 Å². The minimum atomic E-state index is -4.34. The van der Waals surface area contributed by atoms with Crippen molar-refractivity contribution in [3.05, 3.63) is 65.2 Å². The molecular formula is C22H22F3N3O. The van der Waals surface area contributed by atoms with Crippen molar-refractivity contribution >= 4 is 11.6 Å². The Labute approximate surface area is 167 Å². The fraction of sp³-hybridized carbons (Fsp3) is 0.364. The van der Waals surface area contributed by atoms with Gasteiger partial charge in [-0.1, -0.05) is 30.7 Å². The molecule has 0 aromatic heterocycles. The van der Waals surface area contributed by atoms with Crippen molar-refractivity contribution in [3.8, 4) is 6.07 Å². The lowest BCUT2D eigenvalue weighted by atomic mass is 9.94. The molecule has 0 aliphatic carbocycles. The van der Waals surface area contributed by atoms with Crippen LogP contribution in [0.3, 0.4) is 0 Å². The molecule has 1 saturated heterocycles. The van der Waals surface area contributed by atoms with Gasteiger partial charge in [-0.15, -0.1) is 0 Å². The summed E-state index contributed by atoms with van der Waals surface area (Å²) in [5.74, 6) is -0.190. The van der Waals surface area contributed by atoms with Crippen LogP contribution in [-0.4, -0.2) is 23.9 Å². The van der Waals surface area contributed by atoms with E-state index in [9.17, 15) is 18.0 Å². The zero-order valence-corrected chi connectivity index (χ0v) is 15.9. The van der Waals surface area contributed by atoms with Gasteiger partial charge in [0, 0.05) is 19.0 Å². The number of amides is 1. The van der Waals surface area contributed by atoms with Gasteiger partial charge in [-0.3, -0.25) is 9.69 Å². The second-order valence-corrected chi connectivity index (χ2v) is 7.12. The number of carbonyl (C=O) groups is 1. The summed E-state index contributed by atoms with van der Waals surface area (Å²) in [7, 11) is 0. The van der Waals surface area contributed by atoms with Crippen LogP contribution < -0.4 is 5.32 Å². The molecular weight excluding hydrogens is 379 g/mol. The van der Waals surface area contributed by atoms with E-state index in [0.717, 1.165) is 43.5 Å². The average Bonchev–Trinajstić information content (AvgIpc) is 2.72. The van der Waals surface area contributed by atoms with Crippen molar-refractivity contribution in [2.24, 2.45) is 0 Å². The molecule has 152 valence electrons. The smallest absolute Gasteiger partial charge is 0.325 e. The van der Waals surface area contributed by atoms with Gasteiger partial charge in [0.25, 0.3) is 0 Å². The predicted octanol–water partition coefficient (Wildman–Crippen LogP) is 5.13. The van der Waals surface area contributed by atoms with E-state index in [2.05, 4.69) is 10.2 Å². The Morgan fingerprint density at radius 1 is 1.14 bits per heavy atom. The van der Waals surface area contributed by atoms with Crippen LogP contribution in [0.4, 0.5) is 18.9 Å². The summed E-state index contributed by atoms with van der Waals surface area (Å²) in [6.45, 7) is 1.31. The number of carbonyl (C=O) groups excluding carboxylic acids is 1. The van der Waals surface area contributed by atoms with Gasteiger partial charge in [0.15, 0.2) is 0 Å². The van der Waals surface area contributed by atoms with Gasteiger partial charge in [-0.25, -0.2) is 0 Å². The van der Waals surface area contributed by atoms with Gasteiger partial charge in [0.05, 0.1) is 16.8 Å². The number of alkyl halides is 3. The summed E-state index contributed by atoms with van der Waals surface area (Å²) >= 11 is 0. The molecule has 29 heavy (non-hydrogen) atoms. The molecule has 2 aromatic carbocycles. The summed E-state index contributed by atoms with van der Waals surface area (Å²) in [5, 5.41) is 11.9. The number of piperidine rings is 1. The van der Waals surface area contributed by atoms with Gasteiger partial charge >= 0.3 is 6.18 Å². The number of benzene rings is 2. The number of halogens is 3. The van der Waals surface area contributed by atoms with Crippen LogP contribution in [0.1, 0.15) is 48.4 Å². The molecule has 2 aromatic rings. The monoisotopic (exact) mass is 401 g/mol. The maximum atomic E-state index is 12.8. The molecule has 1 heterocycles. The minimum Gasteiger partial charge on any atom is -0.325 e. The number of hydrogen-bond donors (Lipinski definition) is 1. The number of para-hydroxylation sites is 1. The molecule has 7 heteroatoms. The predicted molar refractivity (Wildman–Crippen MR) is 104 cm³/mol. The van der Waals surface area contributed by atoms with Gasteiger partial charge in [0.2, 0.25) is 5.91 Å². The Morgan fingerprint density at radius 3 is 2.55 bits per heavy atom. The summed E-state index contributed by atoms with van der Waals surface area (Å²) in [4.78, 5) is 14.5. The van der Waals surface area contributed by atoms with E-state index in [1.54, 1.807) is 24.3 Å². The first kappa shape index (κ1) is 20.9. The van der Waals surface area contributed by atoms with E-state index in [0.29, 0.717) is 17.8 Å². The first-order valence-electron chi connectivity index (χ1n) is 9.58. The Bertz CT molecular complexity index is 887. The molecule has 1 aliphatic rings. The number of rotatable bonds is 5. The summed E-state index contributed by atoms with van der Waals surface area (Å²) in [6.07, 6.45) is -1.25. The van der Waals surface area contributed by atoms with E-state index in [-0.39, 0.29) is 18.4 Å². The number of anilines is 1. The van der Waals surface area contributed by atoms with Gasteiger partial charge in [0.1, 0.15) is 6.07 Å². The van der Waals surface area contributed by atoms with Crippen molar-refractivity contribution in [2.45, 2.75) is 37.9 Å². The highest BCUT2D eigenvalue weighted by Crippen LogP contribution is 2.34. The van der Waals surface area contributed by atoms with E-state index in [4.69, 9.17) is 5.26 Å².